The molecule has 0 aliphatic carbocycles. The van der Waals surface area contributed by atoms with Crippen molar-refractivity contribution in [1.29, 1.82) is 0 Å². The molecule has 15 heavy (non-hydrogen) atoms. The van der Waals surface area contributed by atoms with Crippen LogP contribution >= 0.6 is 0 Å². The predicted octanol–water partition coefficient (Wildman–Crippen LogP) is 2.29. The summed E-state index contributed by atoms with van der Waals surface area (Å²) in [5, 5.41) is 9.75. The van der Waals surface area contributed by atoms with Gasteiger partial charge in [0.05, 0.1) is 6.61 Å². The van der Waals surface area contributed by atoms with Crippen molar-refractivity contribution >= 4 is 5.97 Å². The quantitative estimate of drug-likeness (QED) is 0.545. The SMILES string of the molecule is CCCC=CC(C)(C)[C@H](O)C(=O)OCC. The van der Waals surface area contributed by atoms with Crippen molar-refractivity contribution < 1.29 is 14.6 Å². The minimum atomic E-state index is -1.09. The number of hydrogen-bond acceptors (Lipinski definition) is 3. The number of rotatable bonds is 6. The molecule has 0 aliphatic heterocycles. The van der Waals surface area contributed by atoms with Gasteiger partial charge >= 0.3 is 5.97 Å². The van der Waals surface area contributed by atoms with Gasteiger partial charge in [0.15, 0.2) is 6.10 Å². The summed E-state index contributed by atoms with van der Waals surface area (Å²) in [6.45, 7) is 7.75. The smallest absolute Gasteiger partial charge is 0.335 e. The van der Waals surface area contributed by atoms with Crippen LogP contribution < -0.4 is 0 Å². The van der Waals surface area contributed by atoms with Crippen LogP contribution in [0.2, 0.25) is 0 Å². The number of aliphatic hydroxyl groups excluding tert-OH is 1. The van der Waals surface area contributed by atoms with Crippen LogP contribution in [-0.2, 0) is 9.53 Å². The molecule has 0 saturated heterocycles. The van der Waals surface area contributed by atoms with E-state index in [1.54, 1.807) is 6.92 Å². The lowest BCUT2D eigenvalue weighted by Crippen LogP contribution is -2.36. The Morgan fingerprint density at radius 2 is 2.07 bits per heavy atom. The first kappa shape index (κ1) is 14.2. The van der Waals surface area contributed by atoms with Gasteiger partial charge in [0.2, 0.25) is 0 Å². The minimum Gasteiger partial charge on any atom is -0.464 e. The van der Waals surface area contributed by atoms with Crippen molar-refractivity contribution in [3.05, 3.63) is 12.2 Å². The topological polar surface area (TPSA) is 46.5 Å². The van der Waals surface area contributed by atoms with Crippen LogP contribution in [0, 0.1) is 5.41 Å². The molecular formula is C12H22O3. The van der Waals surface area contributed by atoms with Gasteiger partial charge in [-0.15, -0.1) is 0 Å². The molecule has 3 nitrogen and oxygen atoms in total. The second-order valence-corrected chi connectivity index (χ2v) is 4.17. The van der Waals surface area contributed by atoms with E-state index in [-0.39, 0.29) is 0 Å². The molecule has 0 aromatic heterocycles. The molecule has 0 radical (unpaired) electrons. The van der Waals surface area contributed by atoms with E-state index >= 15 is 0 Å². The predicted molar refractivity (Wildman–Crippen MR) is 60.5 cm³/mol. The van der Waals surface area contributed by atoms with Gasteiger partial charge in [0, 0.05) is 5.41 Å². The number of carbonyl (C=O) groups is 1. The van der Waals surface area contributed by atoms with E-state index in [0.29, 0.717) is 6.61 Å². The molecule has 0 rings (SSSR count). The lowest BCUT2D eigenvalue weighted by Gasteiger charge is -2.25. The van der Waals surface area contributed by atoms with Gasteiger partial charge in [-0.1, -0.05) is 39.3 Å². The molecule has 0 aromatic carbocycles. The van der Waals surface area contributed by atoms with Gasteiger partial charge in [0.1, 0.15) is 0 Å². The maximum atomic E-state index is 11.3. The molecule has 88 valence electrons. The second-order valence-electron chi connectivity index (χ2n) is 4.17. The number of esters is 1. The van der Waals surface area contributed by atoms with E-state index in [9.17, 15) is 9.90 Å². The van der Waals surface area contributed by atoms with Crippen LogP contribution in [0.5, 0.6) is 0 Å². The third kappa shape index (κ3) is 4.98. The average molecular weight is 214 g/mol. The molecule has 3 heteroatoms. The maximum absolute atomic E-state index is 11.3. The number of allylic oxidation sites excluding steroid dienone is 1. The van der Waals surface area contributed by atoms with Gasteiger partial charge in [-0.05, 0) is 13.3 Å². The van der Waals surface area contributed by atoms with E-state index in [2.05, 4.69) is 6.92 Å². The third-order valence-electron chi connectivity index (χ3n) is 2.22. The highest BCUT2D eigenvalue weighted by molar-refractivity contribution is 5.75. The molecule has 0 fully saturated rings. The van der Waals surface area contributed by atoms with Gasteiger partial charge in [-0.2, -0.15) is 0 Å². The summed E-state index contributed by atoms with van der Waals surface area (Å²) in [6.07, 6.45) is 4.78. The zero-order chi connectivity index (χ0) is 11.9. The summed E-state index contributed by atoms with van der Waals surface area (Å²) < 4.78 is 4.77. The first-order chi connectivity index (χ1) is 6.95. The second kappa shape index (κ2) is 6.62. The zero-order valence-electron chi connectivity index (χ0n) is 10.1. The maximum Gasteiger partial charge on any atom is 0.335 e. The molecule has 0 aromatic rings. The van der Waals surface area contributed by atoms with Crippen LogP contribution in [0.4, 0.5) is 0 Å². The molecule has 0 unspecified atom stereocenters. The fourth-order valence-electron chi connectivity index (χ4n) is 1.17. The molecule has 0 aliphatic rings. The van der Waals surface area contributed by atoms with Gasteiger partial charge in [-0.25, -0.2) is 4.79 Å². The number of unbranched alkanes of at least 4 members (excludes halogenated alkanes) is 1. The molecule has 1 atom stereocenters. The Morgan fingerprint density at radius 3 is 2.53 bits per heavy atom. The first-order valence-electron chi connectivity index (χ1n) is 5.48. The minimum absolute atomic E-state index is 0.296. The summed E-state index contributed by atoms with van der Waals surface area (Å²) in [5.74, 6) is -0.552. The van der Waals surface area contributed by atoms with E-state index < -0.39 is 17.5 Å². The van der Waals surface area contributed by atoms with Crippen LogP contribution in [-0.4, -0.2) is 23.8 Å². The lowest BCUT2D eigenvalue weighted by molar-refractivity contribution is -0.157. The Labute approximate surface area is 92.1 Å². The van der Waals surface area contributed by atoms with Crippen molar-refractivity contribution in [2.24, 2.45) is 5.41 Å². The Bertz CT molecular complexity index is 219. The fourth-order valence-corrected chi connectivity index (χ4v) is 1.17. The van der Waals surface area contributed by atoms with E-state index in [1.165, 1.54) is 0 Å². The monoisotopic (exact) mass is 214 g/mol. The highest BCUT2D eigenvalue weighted by Gasteiger charge is 2.32. The van der Waals surface area contributed by atoms with Crippen LogP contribution in [0.3, 0.4) is 0 Å². The molecule has 0 saturated carbocycles. The van der Waals surface area contributed by atoms with E-state index in [0.717, 1.165) is 12.8 Å². The van der Waals surface area contributed by atoms with Crippen LogP contribution in [0.1, 0.15) is 40.5 Å². The molecule has 0 heterocycles. The Morgan fingerprint density at radius 1 is 1.47 bits per heavy atom. The van der Waals surface area contributed by atoms with Gasteiger partial charge < -0.3 is 9.84 Å². The average Bonchev–Trinajstić information content (AvgIpc) is 2.17. The number of ether oxygens (including phenoxy) is 1. The normalized spacial score (nSPS) is 14.2. The van der Waals surface area contributed by atoms with Crippen LogP contribution in [0.15, 0.2) is 12.2 Å². The van der Waals surface area contributed by atoms with Crippen molar-refractivity contribution in [1.82, 2.24) is 0 Å². The van der Waals surface area contributed by atoms with Crippen molar-refractivity contribution in [2.75, 3.05) is 6.61 Å². The zero-order valence-corrected chi connectivity index (χ0v) is 10.1. The van der Waals surface area contributed by atoms with Crippen molar-refractivity contribution in [3.63, 3.8) is 0 Å². The standard InChI is InChI=1S/C12H22O3/c1-5-7-8-9-12(3,4)10(13)11(14)15-6-2/h8-10,13H,5-7H2,1-4H3/t10-/m1/s1. The highest BCUT2D eigenvalue weighted by Crippen LogP contribution is 2.23. The largest absolute Gasteiger partial charge is 0.464 e. The number of aliphatic hydroxyl groups is 1. The lowest BCUT2D eigenvalue weighted by atomic mass is 9.86. The Balaban J connectivity index is 4.36. The fraction of sp³-hybridized carbons (Fsp3) is 0.750. The Hall–Kier alpha value is -0.830. The summed E-state index contributed by atoms with van der Waals surface area (Å²) in [7, 11) is 0. The first-order valence-corrected chi connectivity index (χ1v) is 5.48. The molecule has 0 bridgehead atoms. The Kier molecular flexibility index (Phi) is 6.25. The summed E-state index contributed by atoms with van der Waals surface area (Å²) in [6, 6.07) is 0. The molecule has 0 spiro atoms. The van der Waals surface area contributed by atoms with E-state index in [4.69, 9.17) is 4.74 Å². The molecular weight excluding hydrogens is 192 g/mol. The highest BCUT2D eigenvalue weighted by atomic mass is 16.5. The summed E-state index contributed by atoms with van der Waals surface area (Å²) >= 11 is 0. The molecule has 1 N–H and O–H groups in total. The summed E-state index contributed by atoms with van der Waals surface area (Å²) in [4.78, 5) is 11.3. The van der Waals surface area contributed by atoms with E-state index in [1.807, 2.05) is 26.0 Å². The van der Waals surface area contributed by atoms with Crippen LogP contribution in [0.25, 0.3) is 0 Å². The van der Waals surface area contributed by atoms with Crippen molar-refractivity contribution in [3.8, 4) is 0 Å². The summed E-state index contributed by atoms with van der Waals surface area (Å²) in [5.41, 5.74) is -0.568. The van der Waals surface area contributed by atoms with Gasteiger partial charge in [-0.3, -0.25) is 0 Å². The van der Waals surface area contributed by atoms with Gasteiger partial charge in [0.25, 0.3) is 0 Å². The number of hydrogen-bond donors (Lipinski definition) is 1. The molecule has 0 amide bonds. The number of carbonyl (C=O) groups excluding carboxylic acids is 1. The van der Waals surface area contributed by atoms with Crippen molar-refractivity contribution in [2.45, 2.75) is 46.6 Å². The third-order valence-corrected chi connectivity index (χ3v) is 2.22.